The van der Waals surface area contributed by atoms with Crippen LogP contribution in [0, 0.1) is 5.82 Å². The Hall–Kier alpha value is -1.06. The molecule has 0 heterocycles. The molecule has 0 bridgehead atoms. The summed E-state index contributed by atoms with van der Waals surface area (Å²) in [6.07, 6.45) is 3.13. The minimum atomic E-state index is -0.275. The molecule has 17 heavy (non-hydrogen) atoms. The zero-order valence-electron chi connectivity index (χ0n) is 9.83. The van der Waals surface area contributed by atoms with Crippen LogP contribution in [0.15, 0.2) is 29.8 Å². The van der Waals surface area contributed by atoms with E-state index in [9.17, 15) is 4.39 Å². The van der Waals surface area contributed by atoms with E-state index in [1.807, 2.05) is 6.92 Å². The van der Waals surface area contributed by atoms with Crippen LogP contribution in [0.2, 0.25) is 0 Å². The van der Waals surface area contributed by atoms with Gasteiger partial charge in [-0.3, -0.25) is 0 Å². The quantitative estimate of drug-likeness (QED) is 0.849. The molecule has 1 rings (SSSR count). The van der Waals surface area contributed by atoms with E-state index in [-0.39, 0.29) is 11.9 Å². The van der Waals surface area contributed by atoms with Gasteiger partial charge in [0.2, 0.25) is 0 Å². The molecule has 0 aliphatic carbocycles. The van der Waals surface area contributed by atoms with E-state index in [1.54, 1.807) is 12.1 Å². The molecular weight excluding hydrogens is 241 g/mol. The highest BCUT2D eigenvalue weighted by Crippen LogP contribution is 2.21. The first-order valence-corrected chi connectivity index (χ1v) is 6.03. The van der Waals surface area contributed by atoms with Crippen LogP contribution < -0.4 is 10.5 Å². The van der Waals surface area contributed by atoms with Crippen molar-refractivity contribution in [3.63, 3.8) is 0 Å². The molecule has 0 aliphatic heterocycles. The number of hydrogen-bond acceptors (Lipinski definition) is 2. The van der Waals surface area contributed by atoms with Crippen molar-refractivity contribution >= 4 is 11.6 Å². The van der Waals surface area contributed by atoms with Crippen LogP contribution in [0.1, 0.15) is 18.9 Å². The van der Waals surface area contributed by atoms with Gasteiger partial charge in [0.25, 0.3) is 0 Å². The fourth-order valence-electron chi connectivity index (χ4n) is 1.45. The first kappa shape index (κ1) is 14.0. The third-order valence-electron chi connectivity index (χ3n) is 2.45. The summed E-state index contributed by atoms with van der Waals surface area (Å²) in [6.45, 7) is 2.37. The van der Waals surface area contributed by atoms with E-state index in [0.717, 1.165) is 12.0 Å². The van der Waals surface area contributed by atoms with Crippen LogP contribution in [-0.4, -0.2) is 12.6 Å². The maximum Gasteiger partial charge on any atom is 0.123 e. The molecule has 94 valence electrons. The lowest BCUT2D eigenvalue weighted by molar-refractivity contribution is 0.356. The fraction of sp³-hybridized carbons (Fsp3) is 0.385. The van der Waals surface area contributed by atoms with Gasteiger partial charge in [-0.05, 0) is 42.7 Å². The Kier molecular flexibility index (Phi) is 6.01. The molecule has 0 saturated carbocycles. The predicted octanol–water partition coefficient (Wildman–Crippen LogP) is 3.24. The van der Waals surface area contributed by atoms with E-state index in [0.29, 0.717) is 18.8 Å². The fourth-order valence-corrected chi connectivity index (χ4v) is 1.52. The van der Waals surface area contributed by atoms with E-state index < -0.39 is 0 Å². The van der Waals surface area contributed by atoms with Gasteiger partial charge in [0.15, 0.2) is 0 Å². The zero-order valence-corrected chi connectivity index (χ0v) is 10.6. The largest absolute Gasteiger partial charge is 0.489 e. The molecule has 1 unspecified atom stereocenters. The summed E-state index contributed by atoms with van der Waals surface area (Å²) < 4.78 is 18.6. The zero-order chi connectivity index (χ0) is 12.7. The Bertz CT molecular complexity index is 382. The van der Waals surface area contributed by atoms with Crippen LogP contribution in [0.4, 0.5) is 4.39 Å². The minimum absolute atomic E-state index is 0.0164. The number of nitrogens with two attached hydrogens (primary N) is 1. The Labute approximate surface area is 106 Å². The Morgan fingerprint density at radius 1 is 1.53 bits per heavy atom. The van der Waals surface area contributed by atoms with Crippen molar-refractivity contribution in [1.29, 1.82) is 0 Å². The van der Waals surface area contributed by atoms with Crippen LogP contribution in [0.5, 0.6) is 5.75 Å². The van der Waals surface area contributed by atoms with Gasteiger partial charge in [-0.25, -0.2) is 4.39 Å². The number of hydrogen-bond donors (Lipinski definition) is 1. The lowest BCUT2D eigenvalue weighted by Gasteiger charge is -2.13. The average Bonchev–Trinajstić information content (AvgIpc) is 2.32. The lowest BCUT2D eigenvalue weighted by Crippen LogP contribution is -2.21. The highest BCUT2D eigenvalue weighted by molar-refractivity contribution is 6.25. The predicted molar refractivity (Wildman–Crippen MR) is 68.9 cm³/mol. The summed E-state index contributed by atoms with van der Waals surface area (Å²) >= 11 is 5.40. The van der Waals surface area contributed by atoms with E-state index >= 15 is 0 Å². The van der Waals surface area contributed by atoms with Crippen LogP contribution in [0.3, 0.4) is 0 Å². The van der Waals surface area contributed by atoms with E-state index in [2.05, 4.69) is 0 Å². The first-order valence-electron chi connectivity index (χ1n) is 5.59. The second kappa shape index (κ2) is 7.30. The van der Waals surface area contributed by atoms with Gasteiger partial charge in [-0.15, -0.1) is 0 Å². The number of rotatable bonds is 6. The molecule has 0 radical (unpaired) electrons. The molecule has 4 heteroatoms. The van der Waals surface area contributed by atoms with Crippen molar-refractivity contribution in [2.75, 3.05) is 6.61 Å². The Morgan fingerprint density at radius 3 is 2.94 bits per heavy atom. The smallest absolute Gasteiger partial charge is 0.123 e. The molecule has 1 aromatic carbocycles. The van der Waals surface area contributed by atoms with Crippen molar-refractivity contribution in [3.05, 3.63) is 41.2 Å². The maximum atomic E-state index is 13.2. The standard InChI is InChI=1S/C13H17ClFNO/c1-2-12(16)9-10-8-11(15)4-5-13(10)17-7-3-6-14/h3-6,8,12H,2,7,9,16H2,1H3/b6-3+. The normalized spacial score (nSPS) is 12.9. The second-order valence-electron chi connectivity index (χ2n) is 3.80. The molecule has 2 nitrogen and oxygen atoms in total. The van der Waals surface area contributed by atoms with Gasteiger partial charge >= 0.3 is 0 Å². The third kappa shape index (κ3) is 4.75. The van der Waals surface area contributed by atoms with Crippen LogP contribution in [-0.2, 0) is 6.42 Å². The van der Waals surface area contributed by atoms with Gasteiger partial charge in [0.1, 0.15) is 18.2 Å². The van der Waals surface area contributed by atoms with Crippen molar-refractivity contribution in [1.82, 2.24) is 0 Å². The highest BCUT2D eigenvalue weighted by atomic mass is 35.5. The summed E-state index contributed by atoms with van der Waals surface area (Å²) in [7, 11) is 0. The summed E-state index contributed by atoms with van der Waals surface area (Å²) in [6, 6.07) is 4.48. The van der Waals surface area contributed by atoms with Gasteiger partial charge < -0.3 is 10.5 Å². The van der Waals surface area contributed by atoms with Crippen molar-refractivity contribution < 1.29 is 9.13 Å². The van der Waals surface area contributed by atoms with Crippen molar-refractivity contribution in [2.24, 2.45) is 5.73 Å². The van der Waals surface area contributed by atoms with Crippen LogP contribution in [0.25, 0.3) is 0 Å². The number of ether oxygens (including phenoxy) is 1. The average molecular weight is 258 g/mol. The van der Waals surface area contributed by atoms with Gasteiger partial charge in [-0.2, -0.15) is 0 Å². The molecule has 0 aromatic heterocycles. The van der Waals surface area contributed by atoms with Crippen molar-refractivity contribution in [3.8, 4) is 5.75 Å². The Balaban J connectivity index is 2.79. The molecule has 0 spiro atoms. The summed E-state index contributed by atoms with van der Waals surface area (Å²) in [5, 5.41) is 0. The van der Waals surface area contributed by atoms with Crippen molar-refractivity contribution in [2.45, 2.75) is 25.8 Å². The topological polar surface area (TPSA) is 35.2 Å². The van der Waals surface area contributed by atoms with E-state index in [1.165, 1.54) is 17.7 Å². The first-order chi connectivity index (χ1) is 8.17. The summed E-state index contributed by atoms with van der Waals surface area (Å²) in [5.74, 6) is 0.383. The van der Waals surface area contributed by atoms with Gasteiger partial charge in [0, 0.05) is 11.6 Å². The molecule has 0 fully saturated rings. The molecular formula is C13H17ClFNO. The number of benzene rings is 1. The maximum absolute atomic E-state index is 13.2. The molecule has 0 aliphatic rings. The number of halogens is 2. The highest BCUT2D eigenvalue weighted by Gasteiger charge is 2.09. The molecule has 1 atom stereocenters. The monoisotopic (exact) mass is 257 g/mol. The molecule has 0 saturated heterocycles. The lowest BCUT2D eigenvalue weighted by atomic mass is 10.0. The summed E-state index contributed by atoms with van der Waals surface area (Å²) in [4.78, 5) is 0. The van der Waals surface area contributed by atoms with E-state index in [4.69, 9.17) is 22.1 Å². The SMILES string of the molecule is CCC(N)Cc1cc(F)ccc1OC/C=C/Cl. The molecule has 0 amide bonds. The minimum Gasteiger partial charge on any atom is -0.489 e. The molecule has 2 N–H and O–H groups in total. The summed E-state index contributed by atoms with van der Waals surface area (Å²) in [5.41, 5.74) is 8.05. The third-order valence-corrected chi connectivity index (χ3v) is 2.63. The second-order valence-corrected chi connectivity index (χ2v) is 4.05. The van der Waals surface area contributed by atoms with Crippen LogP contribution >= 0.6 is 11.6 Å². The molecule has 1 aromatic rings. The van der Waals surface area contributed by atoms with Gasteiger partial charge in [-0.1, -0.05) is 18.5 Å². The Morgan fingerprint density at radius 2 is 2.29 bits per heavy atom. The van der Waals surface area contributed by atoms with Gasteiger partial charge in [0.05, 0.1) is 0 Å².